The quantitative estimate of drug-likeness (QED) is 0.316. The van der Waals surface area contributed by atoms with Crippen LogP contribution in [0.4, 0.5) is 0 Å². The Labute approximate surface area is 212 Å². The van der Waals surface area contributed by atoms with Crippen molar-refractivity contribution < 1.29 is 0 Å². The van der Waals surface area contributed by atoms with Crippen molar-refractivity contribution in [3.8, 4) is 0 Å². The van der Waals surface area contributed by atoms with E-state index in [2.05, 4.69) is 136 Å². The molecule has 0 saturated heterocycles. The average Bonchev–Trinajstić information content (AvgIpc) is 2.77. The zero-order valence-corrected chi connectivity index (χ0v) is 25.4. The van der Waals surface area contributed by atoms with E-state index in [0.29, 0.717) is 0 Å². The van der Waals surface area contributed by atoms with Crippen molar-refractivity contribution in [1.82, 2.24) is 10.6 Å². The van der Waals surface area contributed by atoms with Crippen LogP contribution < -0.4 is 0 Å². The van der Waals surface area contributed by atoms with E-state index in [9.17, 15) is 0 Å². The van der Waals surface area contributed by atoms with Crippen molar-refractivity contribution in [3.63, 3.8) is 0 Å². The third kappa shape index (κ3) is 5.70. The number of nitrogens with zero attached hydrogens (tertiary/aromatic N) is 3. The summed E-state index contributed by atoms with van der Waals surface area (Å²) in [6.07, 6.45) is 4.64. The summed E-state index contributed by atoms with van der Waals surface area (Å²) in [5.41, 5.74) is 7.30. The molecule has 2 bridgehead atoms. The molecule has 1 aliphatic rings. The molecule has 4 rings (SSSR count). The molecule has 0 N–H and O–H groups in total. The zero-order chi connectivity index (χ0) is 23.6. The summed E-state index contributed by atoms with van der Waals surface area (Å²) in [4.78, 5) is 5.06. The molecule has 0 spiro atoms. The fraction of sp³-hybridized carbons (Fsp3) is 0.222. The standard InChI is InChI=1S/C27H33N3Si2.Sn/c1-31(2,3)29-26(22-14-9-7-10-15-22)20-24-18-13-19-25(28-24)21-27(30-32(4,5)6)23-16-11-8-12-17-23;/h7-21H,1-6H3;/q-2;+2/b26-20-,27-21-;. The fourth-order valence-corrected chi connectivity index (χ4v) is 15.8. The number of aromatic nitrogens is 1. The molecule has 2 heterocycles. The van der Waals surface area contributed by atoms with Crippen LogP contribution in [0.25, 0.3) is 23.5 Å². The molecule has 168 valence electrons. The van der Waals surface area contributed by atoms with Crippen molar-refractivity contribution in [2.75, 3.05) is 0 Å². The average molecular weight is 574 g/mol. The second-order valence-corrected chi connectivity index (χ2v) is 25.6. The molecular formula is C27H33N3Si2Sn. The maximum absolute atomic E-state index is 5.06. The zero-order valence-electron chi connectivity index (χ0n) is 20.5. The molecule has 3 nitrogen and oxygen atoms in total. The summed E-state index contributed by atoms with van der Waals surface area (Å²) in [6.45, 7) is 14.9. The van der Waals surface area contributed by atoms with Crippen molar-refractivity contribution in [3.05, 3.63) is 101 Å². The van der Waals surface area contributed by atoms with E-state index in [1.54, 1.807) is 0 Å². The van der Waals surface area contributed by atoms with Crippen molar-refractivity contribution in [2.24, 2.45) is 0 Å². The van der Waals surface area contributed by atoms with Crippen molar-refractivity contribution in [1.29, 1.82) is 0 Å². The van der Waals surface area contributed by atoms with Gasteiger partial charge >= 0.3 is 213 Å². The summed E-state index contributed by atoms with van der Waals surface area (Å²) in [7, 11) is -3.38. The molecule has 0 atom stereocenters. The van der Waals surface area contributed by atoms with Gasteiger partial charge < -0.3 is 0 Å². The SMILES string of the molecule is C[Si](C)(C)[N]1[Sn][N]([Si](C)(C)C)/C(c2ccccc2)=C\c2cccc(n2)/C=C\1c1ccccc1. The number of benzene rings is 2. The van der Waals surface area contributed by atoms with Crippen LogP contribution in [0.5, 0.6) is 0 Å². The minimum absolute atomic E-state index is 1.03. The monoisotopic (exact) mass is 575 g/mol. The van der Waals surface area contributed by atoms with Crippen molar-refractivity contribution in [2.45, 2.75) is 39.3 Å². The van der Waals surface area contributed by atoms with Gasteiger partial charge in [0, 0.05) is 0 Å². The molecule has 2 radical (unpaired) electrons. The second-order valence-electron chi connectivity index (χ2n) is 10.4. The molecule has 6 heteroatoms. The van der Waals surface area contributed by atoms with Gasteiger partial charge in [0.05, 0.1) is 0 Å². The molecule has 2 aromatic carbocycles. The molecule has 0 fully saturated rings. The van der Waals surface area contributed by atoms with Gasteiger partial charge in [-0.25, -0.2) is 0 Å². The third-order valence-electron chi connectivity index (χ3n) is 5.52. The number of fused-ring (bicyclic) bond motifs is 2. The van der Waals surface area contributed by atoms with Crippen LogP contribution in [0.2, 0.25) is 39.3 Å². The van der Waals surface area contributed by atoms with Gasteiger partial charge in [0.25, 0.3) is 0 Å². The van der Waals surface area contributed by atoms with Gasteiger partial charge in [0.2, 0.25) is 0 Å². The van der Waals surface area contributed by atoms with Crippen LogP contribution in [-0.4, -0.2) is 48.7 Å². The molecule has 3 aromatic rings. The number of hydrogen-bond acceptors (Lipinski definition) is 3. The van der Waals surface area contributed by atoms with Crippen LogP contribution in [-0.2, 0) is 0 Å². The van der Waals surface area contributed by atoms with Crippen LogP contribution in [0.1, 0.15) is 22.5 Å². The molecule has 0 amide bonds. The Kier molecular flexibility index (Phi) is 7.02. The first-order chi connectivity index (χ1) is 15.6. The first-order valence-electron chi connectivity index (χ1n) is 11.5. The molecule has 33 heavy (non-hydrogen) atoms. The van der Waals surface area contributed by atoms with Gasteiger partial charge in [-0.2, -0.15) is 0 Å². The summed E-state index contributed by atoms with van der Waals surface area (Å²) in [5, 5.41) is 0. The molecule has 0 aliphatic carbocycles. The Morgan fingerprint density at radius 3 is 1.30 bits per heavy atom. The summed E-state index contributed by atoms with van der Waals surface area (Å²) < 4.78 is 5.70. The topological polar surface area (TPSA) is 19.4 Å². The van der Waals surface area contributed by atoms with Crippen LogP contribution in [0.15, 0.2) is 78.9 Å². The van der Waals surface area contributed by atoms with E-state index < -0.39 is 38.2 Å². The Morgan fingerprint density at radius 2 is 0.939 bits per heavy atom. The molecule has 0 unspecified atom stereocenters. The van der Waals surface area contributed by atoms with Gasteiger partial charge in [-0.05, 0) is 0 Å². The predicted molar refractivity (Wildman–Crippen MR) is 149 cm³/mol. The van der Waals surface area contributed by atoms with Gasteiger partial charge in [-0.15, -0.1) is 0 Å². The number of pyridine rings is 1. The summed E-state index contributed by atoms with van der Waals surface area (Å²) in [5.74, 6) is 0. The van der Waals surface area contributed by atoms with Gasteiger partial charge in [0.15, 0.2) is 0 Å². The van der Waals surface area contributed by atoms with E-state index in [1.807, 2.05) is 0 Å². The van der Waals surface area contributed by atoms with E-state index in [1.165, 1.54) is 22.5 Å². The van der Waals surface area contributed by atoms with Crippen LogP contribution in [0.3, 0.4) is 0 Å². The van der Waals surface area contributed by atoms with Gasteiger partial charge in [0.1, 0.15) is 0 Å². The fourth-order valence-electron chi connectivity index (χ4n) is 3.91. The molecular weight excluding hydrogens is 541 g/mol. The predicted octanol–water partition coefficient (Wildman–Crippen LogP) is 6.90. The summed E-state index contributed by atoms with van der Waals surface area (Å²) in [6, 6.07) is 28.2. The maximum atomic E-state index is 5.06. The molecule has 1 aliphatic heterocycles. The van der Waals surface area contributed by atoms with Gasteiger partial charge in [-0.3, -0.25) is 0 Å². The molecule has 1 aromatic heterocycles. The minimum atomic E-state index is -1.69. The van der Waals surface area contributed by atoms with E-state index >= 15 is 0 Å². The first kappa shape index (κ1) is 24.0. The molecule has 0 saturated carbocycles. The van der Waals surface area contributed by atoms with Crippen molar-refractivity contribution >= 4 is 61.7 Å². The second kappa shape index (κ2) is 9.64. The first-order valence-corrected chi connectivity index (χ1v) is 21.0. The Hall–Kier alpha value is -2.10. The normalized spacial score (nSPS) is 18.2. The van der Waals surface area contributed by atoms with Gasteiger partial charge in [-0.1, -0.05) is 0 Å². The van der Waals surface area contributed by atoms with Crippen LogP contribution >= 0.6 is 0 Å². The number of rotatable bonds is 4. The summed E-state index contributed by atoms with van der Waals surface area (Å²) >= 11 is -1.21. The third-order valence-corrected chi connectivity index (χ3v) is 24.0. The number of hydrogen-bond donors (Lipinski definition) is 0. The Bertz CT molecular complexity index is 1070. The van der Waals surface area contributed by atoms with E-state index in [-0.39, 0.29) is 0 Å². The van der Waals surface area contributed by atoms with E-state index in [0.717, 1.165) is 11.4 Å². The van der Waals surface area contributed by atoms with E-state index in [4.69, 9.17) is 4.98 Å². The van der Waals surface area contributed by atoms with Crippen LogP contribution in [0, 0.1) is 0 Å². The Morgan fingerprint density at radius 1 is 0.545 bits per heavy atom. The Balaban J connectivity index is 2.00.